The number of halogens is 4. The number of ether oxygens (including phenoxy) is 1. The fourth-order valence-corrected chi connectivity index (χ4v) is 7.50. The standard InChI is InChI=1S/C32H29Cl4N7O2/c1-3-6-25(44)42-14-11-19(15-18(42)10-12-37)43-31-22-16-24(34)26(21-8-4-9-23(33)27(21)35)28(36)29(22)38-32(30(31)39-40-43)45-17-20-7-5-13-41(20)2/h4,8-9,16,18-20H,5,7,10-11,13-15,17H2,1-2H3/t18-,19+,20+/m1/s1. The third kappa shape index (κ3) is 5.89. The normalized spacial score (nSPS) is 20.3. The van der Waals surface area contributed by atoms with E-state index in [1.807, 2.05) is 4.68 Å². The van der Waals surface area contributed by atoms with Crippen molar-refractivity contribution in [3.63, 3.8) is 0 Å². The molecule has 232 valence electrons. The molecule has 2 fully saturated rings. The van der Waals surface area contributed by atoms with E-state index in [2.05, 4.69) is 40.2 Å². The third-order valence-corrected chi connectivity index (χ3v) is 10.2. The van der Waals surface area contributed by atoms with E-state index in [0.717, 1.165) is 19.4 Å². The molecule has 1 amide bonds. The van der Waals surface area contributed by atoms with Crippen LogP contribution in [0, 0.1) is 23.2 Å². The first-order valence-corrected chi connectivity index (χ1v) is 16.2. The Labute approximate surface area is 280 Å². The summed E-state index contributed by atoms with van der Waals surface area (Å²) in [6.45, 7) is 3.48. The van der Waals surface area contributed by atoms with Gasteiger partial charge in [0.25, 0.3) is 5.91 Å². The van der Waals surface area contributed by atoms with Gasteiger partial charge in [-0.2, -0.15) is 5.26 Å². The van der Waals surface area contributed by atoms with Gasteiger partial charge in [0, 0.05) is 35.1 Å². The summed E-state index contributed by atoms with van der Waals surface area (Å²) in [7, 11) is 2.08. The number of hydrogen-bond donors (Lipinski definition) is 0. The van der Waals surface area contributed by atoms with Gasteiger partial charge in [0.2, 0.25) is 5.88 Å². The Morgan fingerprint density at radius 1 is 1.09 bits per heavy atom. The van der Waals surface area contributed by atoms with Gasteiger partial charge in [0.05, 0.1) is 44.1 Å². The van der Waals surface area contributed by atoms with Crippen LogP contribution >= 0.6 is 46.4 Å². The van der Waals surface area contributed by atoms with Crippen LogP contribution in [0.2, 0.25) is 20.1 Å². The highest BCUT2D eigenvalue weighted by atomic mass is 35.5. The van der Waals surface area contributed by atoms with Crippen molar-refractivity contribution in [1.82, 2.24) is 29.8 Å². The largest absolute Gasteiger partial charge is 0.474 e. The van der Waals surface area contributed by atoms with Crippen molar-refractivity contribution in [3.05, 3.63) is 44.4 Å². The van der Waals surface area contributed by atoms with E-state index < -0.39 is 0 Å². The summed E-state index contributed by atoms with van der Waals surface area (Å²) >= 11 is 27.0. The molecule has 0 bridgehead atoms. The summed E-state index contributed by atoms with van der Waals surface area (Å²) in [6.07, 6.45) is 3.38. The highest BCUT2D eigenvalue weighted by Crippen LogP contribution is 2.46. The van der Waals surface area contributed by atoms with Crippen molar-refractivity contribution in [2.45, 2.75) is 57.2 Å². The van der Waals surface area contributed by atoms with E-state index in [0.29, 0.717) is 85.0 Å². The van der Waals surface area contributed by atoms with Gasteiger partial charge in [0.1, 0.15) is 12.1 Å². The third-order valence-electron chi connectivity index (χ3n) is 8.72. The van der Waals surface area contributed by atoms with Crippen molar-refractivity contribution in [1.29, 1.82) is 5.26 Å². The topological polar surface area (TPSA) is 100 Å². The molecule has 9 nitrogen and oxygen atoms in total. The maximum absolute atomic E-state index is 12.7. The predicted molar refractivity (Wildman–Crippen MR) is 177 cm³/mol. The number of piperidine rings is 1. The number of likely N-dealkylation sites (tertiary alicyclic amines) is 2. The quantitative estimate of drug-likeness (QED) is 0.198. The minimum Gasteiger partial charge on any atom is -0.474 e. The van der Waals surface area contributed by atoms with E-state index in [1.54, 1.807) is 36.1 Å². The summed E-state index contributed by atoms with van der Waals surface area (Å²) in [5.41, 5.74) is 2.68. The molecule has 4 heterocycles. The second-order valence-corrected chi connectivity index (χ2v) is 12.9. The molecule has 2 aromatic heterocycles. The van der Waals surface area contributed by atoms with Crippen LogP contribution in [0.1, 0.15) is 45.1 Å². The molecule has 3 atom stereocenters. The number of rotatable bonds is 6. The number of pyridine rings is 1. The molecule has 0 radical (unpaired) electrons. The van der Waals surface area contributed by atoms with E-state index >= 15 is 0 Å². The van der Waals surface area contributed by atoms with Crippen LogP contribution in [0.5, 0.6) is 5.88 Å². The average molecular weight is 685 g/mol. The Hall–Kier alpha value is -3.31. The lowest BCUT2D eigenvalue weighted by Crippen LogP contribution is -2.46. The number of aromatic nitrogens is 4. The van der Waals surface area contributed by atoms with Crippen molar-refractivity contribution < 1.29 is 9.53 Å². The molecule has 13 heteroatoms. The minimum atomic E-state index is -0.327. The number of carbonyl (C=O) groups excluding carboxylic acids is 1. The van der Waals surface area contributed by atoms with E-state index in [9.17, 15) is 10.1 Å². The number of likely N-dealkylation sites (N-methyl/N-ethyl adjacent to an activating group) is 1. The Morgan fingerprint density at radius 2 is 1.91 bits per heavy atom. The summed E-state index contributed by atoms with van der Waals surface area (Å²) in [5, 5.41) is 20.7. The second kappa shape index (κ2) is 13.2. The molecule has 2 aliphatic rings. The van der Waals surface area contributed by atoms with Crippen LogP contribution in [-0.4, -0.2) is 74.5 Å². The molecule has 2 aromatic carbocycles. The average Bonchev–Trinajstić information content (AvgIpc) is 3.65. The Kier molecular flexibility index (Phi) is 9.29. The zero-order valence-electron chi connectivity index (χ0n) is 24.7. The molecule has 0 unspecified atom stereocenters. The van der Waals surface area contributed by atoms with Gasteiger partial charge in [-0.05, 0) is 64.3 Å². The molecule has 0 aliphatic carbocycles. The number of fused-ring (bicyclic) bond motifs is 3. The van der Waals surface area contributed by atoms with E-state index in [1.165, 1.54) is 0 Å². The second-order valence-electron chi connectivity index (χ2n) is 11.3. The highest BCUT2D eigenvalue weighted by molar-refractivity contribution is 6.47. The summed E-state index contributed by atoms with van der Waals surface area (Å²) < 4.78 is 8.21. The summed E-state index contributed by atoms with van der Waals surface area (Å²) in [5.74, 6) is 5.31. The first-order chi connectivity index (χ1) is 21.7. The fourth-order valence-electron chi connectivity index (χ4n) is 6.40. The van der Waals surface area contributed by atoms with Crippen molar-refractivity contribution >= 4 is 74.2 Å². The van der Waals surface area contributed by atoms with Crippen molar-refractivity contribution in [2.75, 3.05) is 26.7 Å². The smallest absolute Gasteiger partial charge is 0.298 e. The van der Waals surface area contributed by atoms with Gasteiger partial charge in [-0.15, -0.1) is 5.10 Å². The Morgan fingerprint density at radius 3 is 2.64 bits per heavy atom. The lowest BCUT2D eigenvalue weighted by Gasteiger charge is -2.37. The van der Waals surface area contributed by atoms with Gasteiger partial charge in [-0.3, -0.25) is 4.79 Å². The molecular formula is C32H29Cl4N7O2. The lowest BCUT2D eigenvalue weighted by atomic mass is 9.94. The highest BCUT2D eigenvalue weighted by Gasteiger charge is 2.34. The van der Waals surface area contributed by atoms with Crippen LogP contribution in [-0.2, 0) is 4.79 Å². The van der Waals surface area contributed by atoms with Crippen molar-refractivity contribution in [2.24, 2.45) is 0 Å². The molecule has 0 N–H and O–H groups in total. The molecule has 0 spiro atoms. The van der Waals surface area contributed by atoms with Gasteiger partial charge >= 0.3 is 0 Å². The molecular weight excluding hydrogens is 656 g/mol. The molecule has 2 aliphatic heterocycles. The lowest BCUT2D eigenvalue weighted by molar-refractivity contribution is -0.129. The Bertz CT molecular complexity index is 1910. The zero-order chi connectivity index (χ0) is 31.8. The molecule has 2 saturated heterocycles. The number of nitriles is 1. The van der Waals surface area contributed by atoms with Gasteiger partial charge in [-0.25, -0.2) is 9.67 Å². The van der Waals surface area contributed by atoms with Crippen LogP contribution < -0.4 is 4.74 Å². The first kappa shape index (κ1) is 31.7. The summed E-state index contributed by atoms with van der Waals surface area (Å²) in [6, 6.07) is 9.04. The van der Waals surface area contributed by atoms with Gasteiger partial charge in [-0.1, -0.05) is 69.7 Å². The van der Waals surface area contributed by atoms with Crippen molar-refractivity contribution in [3.8, 4) is 34.9 Å². The summed E-state index contributed by atoms with van der Waals surface area (Å²) in [4.78, 5) is 21.6. The van der Waals surface area contributed by atoms with Crippen LogP contribution in [0.4, 0.5) is 0 Å². The van der Waals surface area contributed by atoms with Gasteiger partial charge in [0.15, 0.2) is 5.52 Å². The molecule has 0 saturated carbocycles. The van der Waals surface area contributed by atoms with Crippen LogP contribution in [0.3, 0.4) is 0 Å². The molecule has 45 heavy (non-hydrogen) atoms. The maximum atomic E-state index is 12.7. The van der Waals surface area contributed by atoms with E-state index in [-0.39, 0.29) is 30.5 Å². The van der Waals surface area contributed by atoms with E-state index in [4.69, 9.17) is 56.1 Å². The number of nitrogens with zero attached hydrogens (tertiary/aromatic N) is 7. The zero-order valence-corrected chi connectivity index (χ0v) is 27.7. The fraction of sp³-hybridized carbons (Fsp3) is 0.406. The molecule has 6 rings (SSSR count). The number of hydrogen-bond acceptors (Lipinski definition) is 7. The van der Waals surface area contributed by atoms with Gasteiger partial charge < -0.3 is 14.5 Å². The maximum Gasteiger partial charge on any atom is 0.298 e. The minimum absolute atomic E-state index is 0.174. The van der Waals surface area contributed by atoms with Crippen LogP contribution in [0.15, 0.2) is 24.3 Å². The first-order valence-electron chi connectivity index (χ1n) is 14.7. The van der Waals surface area contributed by atoms with Crippen LogP contribution in [0.25, 0.3) is 33.1 Å². The molecule has 4 aromatic rings. The monoisotopic (exact) mass is 683 g/mol. The number of carbonyl (C=O) groups is 1. The Balaban J connectivity index is 1.51. The SMILES string of the molecule is CC#CC(=O)N1CC[C@H](n2nnc3c(OC[C@@H]4CCCN4C)nc4c(Cl)c(-c5cccc(Cl)c5Cl)c(Cl)cc4c32)C[C@H]1CC#N. The number of amides is 1. The predicted octanol–water partition coefficient (Wildman–Crippen LogP) is 7.20. The number of benzene rings is 2.